The molecule has 0 nitrogen and oxygen atoms in total. The van der Waals surface area contributed by atoms with Gasteiger partial charge in [0.1, 0.15) is 0 Å². The molecular formula is C24H24. The summed E-state index contributed by atoms with van der Waals surface area (Å²) in [5.41, 5.74) is 9.97. The van der Waals surface area contributed by atoms with E-state index in [0.29, 0.717) is 0 Å². The number of aryl methyl sites for hydroxylation is 2. The number of benzene rings is 3. The molecule has 0 heterocycles. The number of hydrogen-bond donors (Lipinski definition) is 0. The van der Waals surface area contributed by atoms with Gasteiger partial charge in [0.25, 0.3) is 0 Å². The van der Waals surface area contributed by atoms with Gasteiger partial charge in [0.15, 0.2) is 0 Å². The first-order valence-electron chi connectivity index (χ1n) is 8.54. The van der Waals surface area contributed by atoms with Crippen molar-refractivity contribution in [1.82, 2.24) is 0 Å². The van der Waals surface area contributed by atoms with Gasteiger partial charge in [-0.3, -0.25) is 0 Å². The first-order chi connectivity index (χ1) is 11.6. The quantitative estimate of drug-likeness (QED) is 0.483. The lowest BCUT2D eigenvalue weighted by molar-refractivity contribution is 1.24. The zero-order valence-corrected chi connectivity index (χ0v) is 14.8. The summed E-state index contributed by atoms with van der Waals surface area (Å²) in [4.78, 5) is 0. The van der Waals surface area contributed by atoms with Gasteiger partial charge in [0.05, 0.1) is 0 Å². The van der Waals surface area contributed by atoms with Crippen molar-refractivity contribution in [3.8, 4) is 22.3 Å². The summed E-state index contributed by atoms with van der Waals surface area (Å²) in [6.07, 6.45) is 0.963. The van der Waals surface area contributed by atoms with Crippen molar-refractivity contribution < 1.29 is 0 Å². The molecule has 3 aromatic rings. The Labute approximate surface area is 145 Å². The Morgan fingerprint density at radius 3 is 1.46 bits per heavy atom. The molecule has 0 spiro atoms. The Balaban J connectivity index is 2.14. The van der Waals surface area contributed by atoms with Crippen LogP contribution in [0.15, 0.2) is 73.3 Å². The van der Waals surface area contributed by atoms with Gasteiger partial charge in [0, 0.05) is 0 Å². The third-order valence-electron chi connectivity index (χ3n) is 4.54. The molecule has 0 saturated carbocycles. The van der Waals surface area contributed by atoms with E-state index >= 15 is 0 Å². The number of allylic oxidation sites excluding steroid dienone is 1. The molecule has 0 heteroatoms. The first kappa shape index (κ1) is 16.3. The van der Waals surface area contributed by atoms with Crippen LogP contribution in [0.3, 0.4) is 0 Å². The van der Waals surface area contributed by atoms with Crippen molar-refractivity contribution in [3.05, 3.63) is 90.0 Å². The highest BCUT2D eigenvalue weighted by Gasteiger charge is 2.07. The van der Waals surface area contributed by atoms with E-state index in [1.165, 1.54) is 44.5 Å². The van der Waals surface area contributed by atoms with Gasteiger partial charge in [-0.2, -0.15) is 0 Å². The van der Waals surface area contributed by atoms with E-state index in [1.54, 1.807) is 0 Å². The van der Waals surface area contributed by atoms with E-state index in [4.69, 9.17) is 0 Å². The lowest BCUT2D eigenvalue weighted by Crippen LogP contribution is -1.88. The predicted molar refractivity (Wildman–Crippen MR) is 106 cm³/mol. The van der Waals surface area contributed by atoms with Crippen LogP contribution >= 0.6 is 0 Å². The third kappa shape index (κ3) is 3.49. The lowest BCUT2D eigenvalue weighted by Gasteiger charge is -2.12. The first-order valence-corrected chi connectivity index (χ1v) is 8.54. The molecule has 0 fully saturated rings. The van der Waals surface area contributed by atoms with Crippen LogP contribution < -0.4 is 0 Å². The zero-order chi connectivity index (χ0) is 17.1. The smallest absolute Gasteiger partial charge is 0.0172 e. The molecule has 0 saturated heterocycles. The highest BCUT2D eigenvalue weighted by molar-refractivity contribution is 5.79. The van der Waals surface area contributed by atoms with E-state index in [-0.39, 0.29) is 0 Å². The number of rotatable bonds is 4. The van der Waals surface area contributed by atoms with Crippen molar-refractivity contribution >= 4 is 5.57 Å². The van der Waals surface area contributed by atoms with E-state index in [9.17, 15) is 0 Å². The molecule has 3 rings (SSSR count). The molecular weight excluding hydrogens is 288 g/mol. The van der Waals surface area contributed by atoms with Crippen molar-refractivity contribution in [3.63, 3.8) is 0 Å². The highest BCUT2D eigenvalue weighted by Crippen LogP contribution is 2.31. The Hall–Kier alpha value is -2.60. The second-order valence-corrected chi connectivity index (χ2v) is 6.49. The van der Waals surface area contributed by atoms with Crippen LogP contribution in [0.1, 0.15) is 30.0 Å². The van der Waals surface area contributed by atoms with Gasteiger partial charge in [-0.25, -0.2) is 0 Å². The molecule has 0 radical (unpaired) electrons. The molecule has 0 aliphatic carbocycles. The normalized spacial score (nSPS) is 10.6. The molecule has 0 amide bonds. The van der Waals surface area contributed by atoms with Crippen LogP contribution in [0.5, 0.6) is 0 Å². The molecule has 0 atom stereocenters. The molecule has 0 bridgehead atoms. The van der Waals surface area contributed by atoms with Crippen molar-refractivity contribution in [2.24, 2.45) is 0 Å². The fraction of sp³-hybridized carbons (Fsp3) is 0.167. The predicted octanol–water partition coefficient (Wildman–Crippen LogP) is 7.06. The maximum Gasteiger partial charge on any atom is -0.0172 e. The summed E-state index contributed by atoms with van der Waals surface area (Å²) < 4.78 is 0. The third-order valence-corrected chi connectivity index (χ3v) is 4.54. The average molecular weight is 312 g/mol. The highest BCUT2D eigenvalue weighted by atomic mass is 14.1. The van der Waals surface area contributed by atoms with Crippen molar-refractivity contribution in [2.45, 2.75) is 27.2 Å². The van der Waals surface area contributed by atoms with Crippen molar-refractivity contribution in [2.75, 3.05) is 0 Å². The maximum absolute atomic E-state index is 4.24. The van der Waals surface area contributed by atoms with Crippen LogP contribution in [-0.4, -0.2) is 0 Å². The molecule has 0 unspecified atom stereocenters. The van der Waals surface area contributed by atoms with Gasteiger partial charge < -0.3 is 0 Å². The van der Waals surface area contributed by atoms with Gasteiger partial charge in [-0.1, -0.05) is 73.2 Å². The maximum atomic E-state index is 4.24. The second-order valence-electron chi connectivity index (χ2n) is 6.49. The van der Waals surface area contributed by atoms with Gasteiger partial charge >= 0.3 is 0 Å². The number of hydrogen-bond acceptors (Lipinski definition) is 0. The summed E-state index contributed by atoms with van der Waals surface area (Å²) in [6.45, 7) is 10.6. The fourth-order valence-corrected chi connectivity index (χ4v) is 2.86. The molecule has 0 N–H and O–H groups in total. The Kier molecular flexibility index (Phi) is 4.66. The fourth-order valence-electron chi connectivity index (χ4n) is 2.86. The van der Waals surface area contributed by atoms with E-state index in [0.717, 1.165) is 6.42 Å². The zero-order valence-electron chi connectivity index (χ0n) is 14.8. The van der Waals surface area contributed by atoms with E-state index < -0.39 is 0 Å². The monoisotopic (exact) mass is 312 g/mol. The summed E-state index contributed by atoms with van der Waals surface area (Å²) in [5.74, 6) is 0. The summed E-state index contributed by atoms with van der Waals surface area (Å²) in [5, 5.41) is 0. The van der Waals surface area contributed by atoms with Crippen LogP contribution in [0.2, 0.25) is 0 Å². The van der Waals surface area contributed by atoms with E-state index in [2.05, 4.69) is 94.1 Å². The minimum atomic E-state index is 0.963. The van der Waals surface area contributed by atoms with Crippen LogP contribution in [0.25, 0.3) is 27.8 Å². The molecule has 24 heavy (non-hydrogen) atoms. The molecule has 3 aromatic carbocycles. The molecule has 0 aliphatic rings. The standard InChI is InChI=1S/C24H24/c1-5-19(4)22-14-23(20-10-6-17(2)7-11-20)16-24(15-22)21-12-8-18(3)9-13-21/h6-16H,4-5H2,1-3H3. The Morgan fingerprint density at radius 1 is 0.667 bits per heavy atom. The lowest BCUT2D eigenvalue weighted by atomic mass is 9.92. The molecule has 0 aromatic heterocycles. The largest absolute Gasteiger partial charge is 0.0952 e. The van der Waals surface area contributed by atoms with Gasteiger partial charge in [-0.05, 0) is 71.9 Å². The summed E-state index contributed by atoms with van der Waals surface area (Å²) in [6, 6.07) is 24.3. The SMILES string of the molecule is C=C(CC)c1cc(-c2ccc(C)cc2)cc(-c2ccc(C)cc2)c1. The minimum absolute atomic E-state index is 0.963. The minimum Gasteiger partial charge on any atom is -0.0952 e. The van der Waals surface area contributed by atoms with Crippen LogP contribution in [0, 0.1) is 13.8 Å². The topological polar surface area (TPSA) is 0 Å². The van der Waals surface area contributed by atoms with Crippen LogP contribution in [-0.2, 0) is 0 Å². The second kappa shape index (κ2) is 6.88. The van der Waals surface area contributed by atoms with E-state index in [1.807, 2.05) is 0 Å². The Bertz CT molecular complexity index is 786. The van der Waals surface area contributed by atoms with Crippen molar-refractivity contribution in [1.29, 1.82) is 0 Å². The Morgan fingerprint density at radius 2 is 1.08 bits per heavy atom. The summed E-state index contributed by atoms with van der Waals surface area (Å²) in [7, 11) is 0. The van der Waals surface area contributed by atoms with Gasteiger partial charge in [0.2, 0.25) is 0 Å². The van der Waals surface area contributed by atoms with Gasteiger partial charge in [-0.15, -0.1) is 0 Å². The average Bonchev–Trinajstić information content (AvgIpc) is 2.62. The molecule has 120 valence electrons. The molecule has 0 aliphatic heterocycles. The van der Waals surface area contributed by atoms with Crippen LogP contribution in [0.4, 0.5) is 0 Å². The summed E-state index contributed by atoms with van der Waals surface area (Å²) >= 11 is 0.